The molecular formula is C12H22IN3O. The predicted octanol–water partition coefficient (Wildman–Crippen LogP) is 0.954. The summed E-state index contributed by atoms with van der Waals surface area (Å²) in [6.45, 7) is 3.96. The Morgan fingerprint density at radius 1 is 1.47 bits per heavy atom. The first kappa shape index (κ1) is 16.5. The zero-order valence-corrected chi connectivity index (χ0v) is 12.6. The Kier molecular flexibility index (Phi) is 9.27. The SMILES string of the molecule is C#CCNC(=NCC1CCCC1O)NCC.I. The molecule has 0 aliphatic heterocycles. The number of hydrogen-bond donors (Lipinski definition) is 3. The smallest absolute Gasteiger partial charge is 0.192 e. The molecule has 2 atom stereocenters. The van der Waals surface area contributed by atoms with Crippen LogP contribution in [0.15, 0.2) is 4.99 Å². The molecule has 5 heteroatoms. The molecule has 1 rings (SSSR count). The van der Waals surface area contributed by atoms with E-state index in [0.717, 1.165) is 31.8 Å². The van der Waals surface area contributed by atoms with Crippen LogP contribution in [0.2, 0.25) is 0 Å². The molecule has 0 radical (unpaired) electrons. The van der Waals surface area contributed by atoms with Crippen molar-refractivity contribution in [3.8, 4) is 12.3 Å². The second-order valence-corrected chi connectivity index (χ2v) is 4.04. The molecule has 1 aliphatic rings. The lowest BCUT2D eigenvalue weighted by Crippen LogP contribution is -2.38. The minimum atomic E-state index is -0.181. The number of aliphatic hydroxyl groups excluding tert-OH is 1. The summed E-state index contributed by atoms with van der Waals surface area (Å²) >= 11 is 0. The van der Waals surface area contributed by atoms with Crippen molar-refractivity contribution in [2.75, 3.05) is 19.6 Å². The number of hydrogen-bond acceptors (Lipinski definition) is 2. The highest BCUT2D eigenvalue weighted by molar-refractivity contribution is 14.0. The van der Waals surface area contributed by atoms with Crippen LogP contribution in [0.1, 0.15) is 26.2 Å². The Morgan fingerprint density at radius 2 is 2.24 bits per heavy atom. The zero-order chi connectivity index (χ0) is 11.8. The lowest BCUT2D eigenvalue weighted by atomic mass is 10.1. The Labute approximate surface area is 121 Å². The van der Waals surface area contributed by atoms with Gasteiger partial charge in [-0.3, -0.25) is 4.99 Å². The molecule has 0 bridgehead atoms. The van der Waals surface area contributed by atoms with E-state index in [1.54, 1.807) is 0 Å². The van der Waals surface area contributed by atoms with Crippen molar-refractivity contribution in [3.05, 3.63) is 0 Å². The molecule has 2 unspecified atom stereocenters. The fraction of sp³-hybridized carbons (Fsp3) is 0.750. The van der Waals surface area contributed by atoms with E-state index in [-0.39, 0.29) is 30.1 Å². The molecule has 98 valence electrons. The molecule has 1 saturated carbocycles. The first-order chi connectivity index (χ1) is 7.77. The summed E-state index contributed by atoms with van der Waals surface area (Å²) in [5.41, 5.74) is 0. The molecule has 0 heterocycles. The van der Waals surface area contributed by atoms with Gasteiger partial charge in [-0.05, 0) is 19.8 Å². The van der Waals surface area contributed by atoms with Gasteiger partial charge in [0.1, 0.15) is 0 Å². The first-order valence-electron chi connectivity index (χ1n) is 5.91. The number of aliphatic imine (C=N–C) groups is 1. The third-order valence-electron chi connectivity index (χ3n) is 2.80. The van der Waals surface area contributed by atoms with E-state index in [9.17, 15) is 5.11 Å². The van der Waals surface area contributed by atoms with Crippen LogP contribution >= 0.6 is 24.0 Å². The minimum absolute atomic E-state index is 0. The van der Waals surface area contributed by atoms with Crippen LogP contribution in [0, 0.1) is 18.3 Å². The fourth-order valence-corrected chi connectivity index (χ4v) is 1.92. The molecule has 0 aromatic heterocycles. The number of terminal acetylenes is 1. The van der Waals surface area contributed by atoms with Gasteiger partial charge >= 0.3 is 0 Å². The predicted molar refractivity (Wildman–Crippen MR) is 81.6 cm³/mol. The molecule has 0 amide bonds. The molecule has 0 spiro atoms. The summed E-state index contributed by atoms with van der Waals surface area (Å²) in [5, 5.41) is 15.8. The average Bonchev–Trinajstić information content (AvgIpc) is 2.68. The Hall–Kier alpha value is -0.480. The number of halogens is 1. The fourth-order valence-electron chi connectivity index (χ4n) is 1.92. The van der Waals surface area contributed by atoms with Crippen molar-refractivity contribution < 1.29 is 5.11 Å². The maximum Gasteiger partial charge on any atom is 0.192 e. The van der Waals surface area contributed by atoms with Crippen LogP contribution in [0.4, 0.5) is 0 Å². The zero-order valence-electron chi connectivity index (χ0n) is 10.3. The van der Waals surface area contributed by atoms with Crippen LogP contribution in [-0.4, -0.2) is 36.8 Å². The lowest BCUT2D eigenvalue weighted by molar-refractivity contribution is 0.136. The average molecular weight is 351 g/mol. The number of guanidine groups is 1. The van der Waals surface area contributed by atoms with Crippen LogP contribution in [0.5, 0.6) is 0 Å². The van der Waals surface area contributed by atoms with Gasteiger partial charge in [0.15, 0.2) is 5.96 Å². The van der Waals surface area contributed by atoms with E-state index in [0.29, 0.717) is 19.0 Å². The number of aliphatic hydroxyl groups is 1. The Bertz CT molecular complexity index is 275. The van der Waals surface area contributed by atoms with Gasteiger partial charge in [-0.15, -0.1) is 30.4 Å². The van der Waals surface area contributed by atoms with E-state index < -0.39 is 0 Å². The number of nitrogens with one attached hydrogen (secondary N) is 2. The van der Waals surface area contributed by atoms with E-state index in [2.05, 4.69) is 21.5 Å². The Morgan fingerprint density at radius 3 is 2.76 bits per heavy atom. The van der Waals surface area contributed by atoms with Crippen molar-refractivity contribution in [1.82, 2.24) is 10.6 Å². The number of rotatable bonds is 4. The first-order valence-corrected chi connectivity index (χ1v) is 5.91. The van der Waals surface area contributed by atoms with Crippen molar-refractivity contribution in [2.24, 2.45) is 10.9 Å². The van der Waals surface area contributed by atoms with E-state index in [1.165, 1.54) is 0 Å². The van der Waals surface area contributed by atoms with Crippen LogP contribution in [0.3, 0.4) is 0 Å². The molecule has 4 nitrogen and oxygen atoms in total. The third-order valence-corrected chi connectivity index (χ3v) is 2.80. The second-order valence-electron chi connectivity index (χ2n) is 4.04. The molecular weight excluding hydrogens is 329 g/mol. The van der Waals surface area contributed by atoms with Gasteiger partial charge in [0, 0.05) is 19.0 Å². The molecule has 0 aromatic rings. The van der Waals surface area contributed by atoms with Crippen LogP contribution < -0.4 is 10.6 Å². The summed E-state index contributed by atoms with van der Waals surface area (Å²) in [7, 11) is 0. The van der Waals surface area contributed by atoms with Gasteiger partial charge in [0.2, 0.25) is 0 Å². The van der Waals surface area contributed by atoms with E-state index in [4.69, 9.17) is 6.42 Å². The molecule has 17 heavy (non-hydrogen) atoms. The largest absolute Gasteiger partial charge is 0.393 e. The highest BCUT2D eigenvalue weighted by Gasteiger charge is 2.24. The highest BCUT2D eigenvalue weighted by atomic mass is 127. The van der Waals surface area contributed by atoms with Crippen molar-refractivity contribution in [1.29, 1.82) is 0 Å². The van der Waals surface area contributed by atoms with E-state index in [1.807, 2.05) is 6.92 Å². The Balaban J connectivity index is 0.00000256. The third kappa shape index (κ3) is 6.13. The van der Waals surface area contributed by atoms with Crippen molar-refractivity contribution >= 4 is 29.9 Å². The standard InChI is InChI=1S/C12H21N3O.HI/c1-3-8-14-12(13-4-2)15-9-10-6-5-7-11(10)16;/h1,10-11,16H,4-9H2,2H3,(H2,13,14,15);1H. The monoisotopic (exact) mass is 351 g/mol. The molecule has 3 N–H and O–H groups in total. The van der Waals surface area contributed by atoms with Gasteiger partial charge in [-0.2, -0.15) is 0 Å². The summed E-state index contributed by atoms with van der Waals surface area (Å²) in [4.78, 5) is 4.42. The normalized spacial score (nSPS) is 23.7. The summed E-state index contributed by atoms with van der Waals surface area (Å²) in [5.74, 6) is 3.55. The van der Waals surface area contributed by atoms with Gasteiger partial charge in [0.25, 0.3) is 0 Å². The van der Waals surface area contributed by atoms with Crippen molar-refractivity contribution in [2.45, 2.75) is 32.3 Å². The minimum Gasteiger partial charge on any atom is -0.393 e. The molecule has 1 fully saturated rings. The van der Waals surface area contributed by atoms with Crippen LogP contribution in [-0.2, 0) is 0 Å². The maximum atomic E-state index is 9.67. The summed E-state index contributed by atoms with van der Waals surface area (Å²) in [6, 6.07) is 0. The highest BCUT2D eigenvalue weighted by Crippen LogP contribution is 2.25. The van der Waals surface area contributed by atoms with Crippen LogP contribution in [0.25, 0.3) is 0 Å². The maximum absolute atomic E-state index is 9.67. The lowest BCUT2D eigenvalue weighted by Gasteiger charge is -2.13. The molecule has 1 aliphatic carbocycles. The number of nitrogens with zero attached hydrogens (tertiary/aromatic N) is 1. The van der Waals surface area contributed by atoms with Crippen molar-refractivity contribution in [3.63, 3.8) is 0 Å². The summed E-state index contributed by atoms with van der Waals surface area (Å²) < 4.78 is 0. The van der Waals surface area contributed by atoms with Gasteiger partial charge < -0.3 is 15.7 Å². The van der Waals surface area contributed by atoms with Gasteiger partial charge in [0.05, 0.1) is 12.6 Å². The second kappa shape index (κ2) is 9.54. The quantitative estimate of drug-likeness (QED) is 0.306. The topological polar surface area (TPSA) is 56.7 Å². The molecule has 0 saturated heterocycles. The molecule has 0 aromatic carbocycles. The van der Waals surface area contributed by atoms with E-state index >= 15 is 0 Å². The van der Waals surface area contributed by atoms with Gasteiger partial charge in [-0.1, -0.05) is 12.3 Å². The van der Waals surface area contributed by atoms with Gasteiger partial charge in [-0.25, -0.2) is 0 Å². The summed E-state index contributed by atoms with van der Waals surface area (Å²) in [6.07, 6.45) is 8.08.